The maximum absolute atomic E-state index is 11.8. The predicted octanol–water partition coefficient (Wildman–Crippen LogP) is 2.67. The lowest BCUT2D eigenvalue weighted by Gasteiger charge is -2.20. The lowest BCUT2D eigenvalue weighted by molar-refractivity contribution is -0.121. The number of aliphatic hydroxyl groups is 1. The van der Waals surface area contributed by atoms with Crippen LogP contribution in [0.3, 0.4) is 0 Å². The van der Waals surface area contributed by atoms with Gasteiger partial charge in [-0.3, -0.25) is 4.79 Å². The Morgan fingerprint density at radius 3 is 2.56 bits per heavy atom. The number of hydrogen-bond donors (Lipinski definition) is 2. The van der Waals surface area contributed by atoms with Crippen LogP contribution >= 0.6 is 23.2 Å². The van der Waals surface area contributed by atoms with E-state index in [0.29, 0.717) is 10.0 Å². The molecular weight excluding hydrogens is 273 g/mol. The van der Waals surface area contributed by atoms with Crippen molar-refractivity contribution in [3.05, 3.63) is 33.8 Å². The second-order valence-corrected chi connectivity index (χ2v) is 5.36. The first-order valence-corrected chi connectivity index (χ1v) is 6.53. The molecule has 0 aromatic heterocycles. The lowest BCUT2D eigenvalue weighted by Crippen LogP contribution is -2.41. The van der Waals surface area contributed by atoms with E-state index in [2.05, 4.69) is 5.32 Å². The van der Waals surface area contributed by atoms with Crippen molar-refractivity contribution < 1.29 is 9.90 Å². The molecule has 18 heavy (non-hydrogen) atoms. The summed E-state index contributed by atoms with van der Waals surface area (Å²) in [4.78, 5) is 11.8. The lowest BCUT2D eigenvalue weighted by atomic mass is 10.0. The summed E-state index contributed by atoms with van der Waals surface area (Å²) in [6, 6.07) is 4.80. The summed E-state index contributed by atoms with van der Waals surface area (Å²) in [5, 5.41) is 12.9. The SMILES string of the molecule is CC(C)[C@@H](CO)NC(=O)Cc1ccc(Cl)cc1Cl. The van der Waals surface area contributed by atoms with Crippen LogP contribution in [0, 0.1) is 5.92 Å². The molecule has 1 atom stereocenters. The fourth-order valence-corrected chi connectivity index (χ4v) is 1.99. The molecule has 0 aliphatic rings. The molecule has 3 nitrogen and oxygen atoms in total. The molecule has 1 amide bonds. The van der Waals surface area contributed by atoms with E-state index in [1.54, 1.807) is 18.2 Å². The maximum atomic E-state index is 11.8. The van der Waals surface area contributed by atoms with Gasteiger partial charge >= 0.3 is 0 Å². The minimum Gasteiger partial charge on any atom is -0.394 e. The Morgan fingerprint density at radius 1 is 1.39 bits per heavy atom. The minimum atomic E-state index is -0.233. The molecular formula is C13H17Cl2NO2. The number of aliphatic hydroxyl groups excluding tert-OH is 1. The van der Waals surface area contributed by atoms with Crippen LogP contribution in [0.15, 0.2) is 18.2 Å². The number of halogens is 2. The minimum absolute atomic E-state index is 0.0717. The standard InChI is InChI=1S/C13H17Cl2NO2/c1-8(2)12(7-17)16-13(18)5-9-3-4-10(14)6-11(9)15/h3-4,6,8,12,17H,5,7H2,1-2H3,(H,16,18)/t12-/m1/s1. The van der Waals surface area contributed by atoms with Gasteiger partial charge in [0.05, 0.1) is 19.1 Å². The summed E-state index contributed by atoms with van der Waals surface area (Å²) < 4.78 is 0. The maximum Gasteiger partial charge on any atom is 0.224 e. The van der Waals surface area contributed by atoms with Crippen molar-refractivity contribution in [2.24, 2.45) is 5.92 Å². The molecule has 0 fully saturated rings. The van der Waals surface area contributed by atoms with Crippen molar-refractivity contribution in [3.8, 4) is 0 Å². The fraction of sp³-hybridized carbons (Fsp3) is 0.462. The van der Waals surface area contributed by atoms with Crippen molar-refractivity contribution in [3.63, 3.8) is 0 Å². The van der Waals surface area contributed by atoms with Crippen LogP contribution < -0.4 is 5.32 Å². The van der Waals surface area contributed by atoms with E-state index < -0.39 is 0 Å². The molecule has 0 aliphatic carbocycles. The zero-order valence-electron chi connectivity index (χ0n) is 10.4. The molecule has 1 aromatic carbocycles. The van der Waals surface area contributed by atoms with Gasteiger partial charge in [-0.2, -0.15) is 0 Å². The van der Waals surface area contributed by atoms with Crippen molar-refractivity contribution >= 4 is 29.1 Å². The third-order valence-corrected chi connectivity index (χ3v) is 3.30. The highest BCUT2D eigenvalue weighted by atomic mass is 35.5. The van der Waals surface area contributed by atoms with Crippen LogP contribution in [-0.2, 0) is 11.2 Å². The Hall–Kier alpha value is -0.770. The molecule has 0 aliphatic heterocycles. The number of rotatable bonds is 5. The van der Waals surface area contributed by atoms with Gasteiger partial charge in [0, 0.05) is 10.0 Å². The van der Waals surface area contributed by atoms with E-state index in [1.165, 1.54) is 0 Å². The Balaban J connectivity index is 2.64. The zero-order chi connectivity index (χ0) is 13.7. The Kier molecular flexibility index (Phi) is 5.93. The van der Waals surface area contributed by atoms with Crippen LogP contribution in [0.2, 0.25) is 10.0 Å². The Morgan fingerprint density at radius 2 is 2.06 bits per heavy atom. The zero-order valence-corrected chi connectivity index (χ0v) is 11.9. The van der Waals surface area contributed by atoms with Crippen molar-refractivity contribution in [2.45, 2.75) is 26.3 Å². The van der Waals surface area contributed by atoms with Crippen molar-refractivity contribution in [2.75, 3.05) is 6.61 Å². The molecule has 2 N–H and O–H groups in total. The normalized spacial score (nSPS) is 12.6. The highest BCUT2D eigenvalue weighted by Gasteiger charge is 2.16. The molecule has 1 aromatic rings. The molecule has 0 spiro atoms. The van der Waals surface area contributed by atoms with E-state index in [4.69, 9.17) is 28.3 Å². The van der Waals surface area contributed by atoms with E-state index in [1.807, 2.05) is 13.8 Å². The average molecular weight is 290 g/mol. The summed E-state index contributed by atoms with van der Waals surface area (Å²) in [5.41, 5.74) is 0.721. The van der Waals surface area contributed by atoms with E-state index in [-0.39, 0.29) is 30.9 Å². The van der Waals surface area contributed by atoms with Crippen LogP contribution in [-0.4, -0.2) is 23.7 Å². The van der Waals surface area contributed by atoms with E-state index in [9.17, 15) is 4.79 Å². The quantitative estimate of drug-likeness (QED) is 0.876. The van der Waals surface area contributed by atoms with Gasteiger partial charge in [0.1, 0.15) is 0 Å². The smallest absolute Gasteiger partial charge is 0.224 e. The summed E-state index contributed by atoms with van der Waals surface area (Å²) in [6.07, 6.45) is 0.180. The molecule has 1 rings (SSSR count). The third-order valence-electron chi connectivity index (χ3n) is 2.71. The van der Waals surface area contributed by atoms with Crippen LogP contribution in [0.25, 0.3) is 0 Å². The number of hydrogen-bond acceptors (Lipinski definition) is 2. The largest absolute Gasteiger partial charge is 0.394 e. The van der Waals surface area contributed by atoms with Gasteiger partial charge in [0.2, 0.25) is 5.91 Å². The first-order valence-electron chi connectivity index (χ1n) is 5.78. The molecule has 0 saturated carbocycles. The predicted molar refractivity (Wildman–Crippen MR) is 74.0 cm³/mol. The molecule has 0 saturated heterocycles. The number of benzene rings is 1. The van der Waals surface area contributed by atoms with E-state index in [0.717, 1.165) is 5.56 Å². The summed E-state index contributed by atoms with van der Waals surface area (Å²) in [7, 11) is 0. The molecule has 5 heteroatoms. The van der Waals surface area contributed by atoms with Crippen LogP contribution in [0.5, 0.6) is 0 Å². The molecule has 0 bridgehead atoms. The monoisotopic (exact) mass is 289 g/mol. The van der Waals surface area contributed by atoms with Gasteiger partial charge in [-0.25, -0.2) is 0 Å². The summed E-state index contributed by atoms with van der Waals surface area (Å²) >= 11 is 11.8. The van der Waals surface area contributed by atoms with Crippen LogP contribution in [0.1, 0.15) is 19.4 Å². The number of carbonyl (C=O) groups excluding carboxylic acids is 1. The Labute approximate surface area is 117 Å². The molecule has 0 radical (unpaired) electrons. The second kappa shape index (κ2) is 6.98. The summed E-state index contributed by atoms with van der Waals surface area (Å²) in [5.74, 6) is 0.0200. The first-order chi connectivity index (χ1) is 8.43. The van der Waals surface area contributed by atoms with Crippen molar-refractivity contribution in [1.29, 1.82) is 0 Å². The fourth-order valence-electron chi connectivity index (χ4n) is 1.52. The molecule has 0 heterocycles. The molecule has 0 unspecified atom stereocenters. The van der Waals surface area contributed by atoms with Gasteiger partial charge in [-0.05, 0) is 23.6 Å². The second-order valence-electron chi connectivity index (χ2n) is 4.51. The van der Waals surface area contributed by atoms with Gasteiger partial charge in [0.25, 0.3) is 0 Å². The number of nitrogens with one attached hydrogen (secondary N) is 1. The third kappa shape index (κ3) is 4.48. The van der Waals surface area contributed by atoms with Crippen molar-refractivity contribution in [1.82, 2.24) is 5.32 Å². The van der Waals surface area contributed by atoms with E-state index >= 15 is 0 Å². The van der Waals surface area contributed by atoms with Crippen LogP contribution in [0.4, 0.5) is 0 Å². The average Bonchev–Trinajstić information content (AvgIpc) is 2.29. The highest BCUT2D eigenvalue weighted by Crippen LogP contribution is 2.21. The number of carbonyl (C=O) groups is 1. The molecule has 100 valence electrons. The van der Waals surface area contributed by atoms with Gasteiger partial charge < -0.3 is 10.4 Å². The summed E-state index contributed by atoms with van der Waals surface area (Å²) in [6.45, 7) is 3.81. The first kappa shape index (κ1) is 15.3. The van der Waals surface area contributed by atoms with Gasteiger partial charge in [-0.1, -0.05) is 43.1 Å². The number of amides is 1. The topological polar surface area (TPSA) is 49.3 Å². The van der Waals surface area contributed by atoms with Gasteiger partial charge in [-0.15, -0.1) is 0 Å². The Bertz CT molecular complexity index is 421. The highest BCUT2D eigenvalue weighted by molar-refractivity contribution is 6.35. The van der Waals surface area contributed by atoms with Gasteiger partial charge in [0.15, 0.2) is 0 Å².